The predicted octanol–water partition coefficient (Wildman–Crippen LogP) is 2.07. The number of carboxylic acid groups (broad SMARTS) is 1. The molecule has 1 atom stereocenters. The normalized spacial score (nSPS) is 13.9. The zero-order valence-electron chi connectivity index (χ0n) is 10.9. The third-order valence-electron chi connectivity index (χ3n) is 3.18. The maximum Gasteiger partial charge on any atom is 0.343 e. The molecule has 0 aliphatic rings. The standard InChI is InChI=1S/C14H17ClO4/c1-3-14(19,13(17)18)12(16)7-10-5-4-9(2)6-11(10)8-15/h4-6,19H,3,7-8H2,1-2H3,(H,17,18). The fraction of sp³-hybridized carbons (Fsp3) is 0.429. The third-order valence-corrected chi connectivity index (χ3v) is 3.47. The molecule has 2 N–H and O–H groups in total. The van der Waals surface area contributed by atoms with E-state index in [4.69, 9.17) is 16.7 Å². The summed E-state index contributed by atoms with van der Waals surface area (Å²) in [6, 6.07) is 5.41. The quantitative estimate of drug-likeness (QED) is 0.619. The van der Waals surface area contributed by atoms with Crippen molar-refractivity contribution in [3.05, 3.63) is 34.9 Å². The lowest BCUT2D eigenvalue weighted by Crippen LogP contribution is -2.46. The van der Waals surface area contributed by atoms with Gasteiger partial charge in [0.15, 0.2) is 5.78 Å². The van der Waals surface area contributed by atoms with Gasteiger partial charge in [0.05, 0.1) is 0 Å². The summed E-state index contributed by atoms with van der Waals surface area (Å²) in [6.45, 7) is 3.37. The summed E-state index contributed by atoms with van der Waals surface area (Å²) in [4.78, 5) is 23.0. The lowest BCUT2D eigenvalue weighted by molar-refractivity contribution is -0.165. The Hall–Kier alpha value is -1.39. The lowest BCUT2D eigenvalue weighted by atomic mass is 9.89. The van der Waals surface area contributed by atoms with Gasteiger partial charge in [-0.1, -0.05) is 30.7 Å². The van der Waals surface area contributed by atoms with Crippen molar-refractivity contribution in [1.82, 2.24) is 0 Å². The van der Waals surface area contributed by atoms with Crippen molar-refractivity contribution in [3.8, 4) is 0 Å². The van der Waals surface area contributed by atoms with E-state index >= 15 is 0 Å². The van der Waals surface area contributed by atoms with Crippen molar-refractivity contribution in [2.75, 3.05) is 0 Å². The molecule has 0 aliphatic heterocycles. The van der Waals surface area contributed by atoms with Crippen LogP contribution in [0.4, 0.5) is 0 Å². The van der Waals surface area contributed by atoms with E-state index in [-0.39, 0.29) is 18.7 Å². The van der Waals surface area contributed by atoms with Crippen LogP contribution in [0, 0.1) is 6.92 Å². The molecule has 1 unspecified atom stereocenters. The van der Waals surface area contributed by atoms with E-state index < -0.39 is 17.4 Å². The highest BCUT2D eigenvalue weighted by Crippen LogP contribution is 2.20. The van der Waals surface area contributed by atoms with Gasteiger partial charge in [-0.25, -0.2) is 4.79 Å². The Morgan fingerprint density at radius 1 is 1.32 bits per heavy atom. The minimum Gasteiger partial charge on any atom is -0.479 e. The van der Waals surface area contributed by atoms with Crippen molar-refractivity contribution >= 4 is 23.4 Å². The number of Topliss-reactive ketones (excluding diaryl/α,β-unsaturated/α-hetero) is 1. The molecular formula is C14H17ClO4. The predicted molar refractivity (Wildman–Crippen MR) is 72.3 cm³/mol. The number of benzene rings is 1. The number of alkyl halides is 1. The van der Waals surface area contributed by atoms with E-state index in [1.807, 2.05) is 19.1 Å². The van der Waals surface area contributed by atoms with Crippen molar-refractivity contribution in [1.29, 1.82) is 0 Å². The Morgan fingerprint density at radius 2 is 1.95 bits per heavy atom. The molecule has 0 aliphatic carbocycles. The minimum atomic E-state index is -2.32. The van der Waals surface area contributed by atoms with Gasteiger partial charge >= 0.3 is 5.97 Å². The molecule has 104 valence electrons. The molecule has 1 aromatic carbocycles. The zero-order valence-corrected chi connectivity index (χ0v) is 11.7. The van der Waals surface area contributed by atoms with E-state index in [0.717, 1.165) is 11.1 Å². The van der Waals surface area contributed by atoms with E-state index in [1.54, 1.807) is 6.07 Å². The number of hydrogen-bond donors (Lipinski definition) is 2. The molecule has 1 rings (SSSR count). The molecule has 0 radical (unpaired) electrons. The highest BCUT2D eigenvalue weighted by molar-refractivity contribution is 6.17. The largest absolute Gasteiger partial charge is 0.479 e. The zero-order chi connectivity index (χ0) is 14.6. The van der Waals surface area contributed by atoms with Crippen LogP contribution in [0.15, 0.2) is 18.2 Å². The van der Waals surface area contributed by atoms with E-state index in [0.29, 0.717) is 5.56 Å². The van der Waals surface area contributed by atoms with Crippen molar-refractivity contribution in [2.45, 2.75) is 38.2 Å². The van der Waals surface area contributed by atoms with Crippen LogP contribution >= 0.6 is 11.6 Å². The van der Waals surface area contributed by atoms with Gasteiger partial charge in [0.25, 0.3) is 0 Å². The van der Waals surface area contributed by atoms with Gasteiger partial charge in [-0.05, 0) is 24.5 Å². The average molecular weight is 285 g/mol. The Kier molecular flexibility index (Phi) is 5.09. The van der Waals surface area contributed by atoms with Gasteiger partial charge in [-0.2, -0.15) is 0 Å². The summed E-state index contributed by atoms with van der Waals surface area (Å²) in [5.74, 6) is -2.00. The number of carbonyl (C=O) groups excluding carboxylic acids is 1. The second-order valence-corrected chi connectivity index (χ2v) is 4.79. The topological polar surface area (TPSA) is 74.6 Å². The second-order valence-electron chi connectivity index (χ2n) is 4.52. The molecule has 0 heterocycles. The van der Waals surface area contributed by atoms with Crippen molar-refractivity contribution in [2.24, 2.45) is 0 Å². The molecule has 0 spiro atoms. The molecule has 19 heavy (non-hydrogen) atoms. The molecule has 0 bridgehead atoms. The van der Waals surface area contributed by atoms with Crippen LogP contribution < -0.4 is 0 Å². The first kappa shape index (κ1) is 15.7. The van der Waals surface area contributed by atoms with E-state index in [2.05, 4.69) is 0 Å². The number of ketones is 1. The monoisotopic (exact) mass is 284 g/mol. The summed E-state index contributed by atoms with van der Waals surface area (Å²) >= 11 is 5.81. The van der Waals surface area contributed by atoms with Gasteiger partial charge in [0.2, 0.25) is 5.60 Å². The lowest BCUT2D eigenvalue weighted by Gasteiger charge is -2.20. The second kappa shape index (κ2) is 6.17. The molecule has 1 aromatic rings. The average Bonchev–Trinajstić information content (AvgIpc) is 2.39. The van der Waals surface area contributed by atoms with Crippen LogP contribution in [-0.2, 0) is 21.9 Å². The fourth-order valence-electron chi connectivity index (χ4n) is 1.84. The van der Waals surface area contributed by atoms with Crippen molar-refractivity contribution in [3.63, 3.8) is 0 Å². The summed E-state index contributed by atoms with van der Waals surface area (Å²) in [5, 5.41) is 18.8. The Morgan fingerprint density at radius 3 is 2.42 bits per heavy atom. The summed E-state index contributed by atoms with van der Waals surface area (Å²) < 4.78 is 0. The number of aliphatic carboxylic acids is 1. The first-order valence-corrected chi connectivity index (χ1v) is 6.52. The van der Waals surface area contributed by atoms with Crippen LogP contribution in [-0.4, -0.2) is 27.6 Å². The highest BCUT2D eigenvalue weighted by Gasteiger charge is 2.41. The summed E-state index contributed by atoms with van der Waals surface area (Å²) in [6.07, 6.45) is -0.303. The maximum atomic E-state index is 12.0. The van der Waals surface area contributed by atoms with Crippen LogP contribution in [0.5, 0.6) is 0 Å². The van der Waals surface area contributed by atoms with Crippen LogP contribution in [0.25, 0.3) is 0 Å². The number of carboxylic acids is 1. The smallest absolute Gasteiger partial charge is 0.343 e. The van der Waals surface area contributed by atoms with Gasteiger partial charge in [0.1, 0.15) is 0 Å². The maximum absolute atomic E-state index is 12.0. The Bertz CT molecular complexity index is 498. The molecule has 4 nitrogen and oxygen atoms in total. The number of aryl methyl sites for hydroxylation is 1. The van der Waals surface area contributed by atoms with Crippen LogP contribution in [0.2, 0.25) is 0 Å². The molecule has 0 aromatic heterocycles. The molecular weight excluding hydrogens is 268 g/mol. The minimum absolute atomic E-state index is 0.140. The third kappa shape index (κ3) is 3.33. The van der Waals surface area contributed by atoms with E-state index in [1.165, 1.54) is 6.92 Å². The van der Waals surface area contributed by atoms with E-state index in [9.17, 15) is 14.7 Å². The number of halogens is 1. The van der Waals surface area contributed by atoms with Crippen LogP contribution in [0.3, 0.4) is 0 Å². The van der Waals surface area contributed by atoms with Crippen LogP contribution in [0.1, 0.15) is 30.0 Å². The van der Waals surface area contributed by atoms with Crippen molar-refractivity contribution < 1.29 is 19.8 Å². The van der Waals surface area contributed by atoms with Gasteiger partial charge < -0.3 is 10.2 Å². The molecule has 0 fully saturated rings. The number of carbonyl (C=O) groups is 2. The molecule has 5 heteroatoms. The number of aliphatic hydroxyl groups is 1. The SMILES string of the molecule is CCC(O)(C(=O)O)C(=O)Cc1ccc(C)cc1CCl. The fourth-order valence-corrected chi connectivity index (χ4v) is 2.09. The van der Waals surface area contributed by atoms with Gasteiger partial charge in [0, 0.05) is 12.3 Å². The Balaban J connectivity index is 3.03. The molecule has 0 amide bonds. The summed E-state index contributed by atoms with van der Waals surface area (Å²) in [7, 11) is 0. The number of hydrogen-bond acceptors (Lipinski definition) is 3. The first-order chi connectivity index (χ1) is 8.85. The molecule has 0 saturated carbocycles. The first-order valence-electron chi connectivity index (χ1n) is 5.98. The van der Waals surface area contributed by atoms with Gasteiger partial charge in [-0.3, -0.25) is 4.79 Å². The van der Waals surface area contributed by atoms with Gasteiger partial charge in [-0.15, -0.1) is 11.6 Å². The number of rotatable bonds is 6. The molecule has 0 saturated heterocycles. The highest BCUT2D eigenvalue weighted by atomic mass is 35.5. The summed E-state index contributed by atoms with van der Waals surface area (Å²) in [5.41, 5.74) is 0.113. The Labute approximate surface area is 117 Å².